The molecule has 0 spiro atoms. The van der Waals surface area contributed by atoms with Crippen molar-refractivity contribution in [1.82, 2.24) is 0 Å². The Labute approximate surface area is 163 Å². The summed E-state index contributed by atoms with van der Waals surface area (Å²) in [7, 11) is 0. The molecular formula is C25H44O. The molecule has 1 saturated carbocycles. The Bertz CT molecular complexity index is 465. The first-order valence-electron chi connectivity index (χ1n) is 11.4. The fourth-order valence-electron chi connectivity index (χ4n) is 4.90. The minimum absolute atomic E-state index is 0.287. The van der Waals surface area contributed by atoms with Crippen LogP contribution in [0.3, 0.4) is 0 Å². The van der Waals surface area contributed by atoms with Crippen molar-refractivity contribution < 1.29 is 5.11 Å². The smallest absolute Gasteiger partial charge is 0.0465 e. The van der Waals surface area contributed by atoms with E-state index in [4.69, 9.17) is 5.11 Å². The van der Waals surface area contributed by atoms with Gasteiger partial charge in [0.1, 0.15) is 0 Å². The molecule has 26 heavy (non-hydrogen) atoms. The van der Waals surface area contributed by atoms with Crippen LogP contribution in [0.4, 0.5) is 0 Å². The Balaban J connectivity index is 1.54. The number of hydrogen-bond donors (Lipinski definition) is 1. The minimum Gasteiger partial charge on any atom is -0.396 e. The highest BCUT2D eigenvalue weighted by molar-refractivity contribution is 5.16. The molecule has 1 N–H and O–H groups in total. The van der Waals surface area contributed by atoms with Gasteiger partial charge in [-0.25, -0.2) is 0 Å². The average molecular weight is 361 g/mol. The molecule has 0 amide bonds. The fourth-order valence-corrected chi connectivity index (χ4v) is 4.90. The van der Waals surface area contributed by atoms with E-state index in [1.165, 1.54) is 69.8 Å². The second kappa shape index (κ2) is 10.7. The maximum atomic E-state index is 8.93. The van der Waals surface area contributed by atoms with Gasteiger partial charge in [0, 0.05) is 6.61 Å². The summed E-state index contributed by atoms with van der Waals surface area (Å²) in [5, 5.41) is 8.93. The van der Waals surface area contributed by atoms with Gasteiger partial charge in [0.15, 0.2) is 0 Å². The second-order valence-electron chi connectivity index (χ2n) is 10.2. The molecule has 1 heteroatoms. The van der Waals surface area contributed by atoms with Crippen LogP contribution in [0.25, 0.3) is 0 Å². The molecule has 0 heterocycles. The van der Waals surface area contributed by atoms with Gasteiger partial charge in [0.05, 0.1) is 0 Å². The monoisotopic (exact) mass is 360 g/mol. The Hall–Kier alpha value is -0.560. The van der Waals surface area contributed by atoms with Crippen LogP contribution >= 0.6 is 0 Å². The zero-order valence-electron chi connectivity index (χ0n) is 18.0. The molecule has 0 bridgehead atoms. The minimum atomic E-state index is 0.287. The maximum absolute atomic E-state index is 8.93. The van der Waals surface area contributed by atoms with E-state index < -0.39 is 0 Å². The maximum Gasteiger partial charge on any atom is 0.0465 e. The molecule has 0 aliphatic heterocycles. The van der Waals surface area contributed by atoms with Crippen LogP contribution in [0.1, 0.15) is 105 Å². The summed E-state index contributed by atoms with van der Waals surface area (Å²) >= 11 is 0. The largest absolute Gasteiger partial charge is 0.396 e. The van der Waals surface area contributed by atoms with E-state index in [1.54, 1.807) is 5.57 Å². The molecule has 3 atom stereocenters. The van der Waals surface area contributed by atoms with Gasteiger partial charge in [0.25, 0.3) is 0 Å². The van der Waals surface area contributed by atoms with Crippen molar-refractivity contribution in [2.24, 2.45) is 23.2 Å². The van der Waals surface area contributed by atoms with E-state index in [1.807, 2.05) is 0 Å². The Kier molecular flexibility index (Phi) is 8.94. The molecule has 0 radical (unpaired) electrons. The zero-order chi connectivity index (χ0) is 19.0. The van der Waals surface area contributed by atoms with E-state index >= 15 is 0 Å². The fraction of sp³-hybridized carbons (Fsp3) is 0.840. The highest BCUT2D eigenvalue weighted by Gasteiger charge is 2.34. The predicted molar refractivity (Wildman–Crippen MR) is 114 cm³/mol. The van der Waals surface area contributed by atoms with Crippen molar-refractivity contribution in [3.63, 3.8) is 0 Å². The number of rotatable bonds is 12. The average Bonchev–Trinajstić information content (AvgIpc) is 2.54. The van der Waals surface area contributed by atoms with Gasteiger partial charge in [-0.2, -0.15) is 0 Å². The van der Waals surface area contributed by atoms with Crippen molar-refractivity contribution in [2.45, 2.75) is 105 Å². The highest BCUT2D eigenvalue weighted by atomic mass is 16.2. The lowest BCUT2D eigenvalue weighted by Crippen LogP contribution is -2.30. The van der Waals surface area contributed by atoms with Crippen LogP contribution < -0.4 is 0 Å². The molecule has 150 valence electrons. The molecular weight excluding hydrogens is 316 g/mol. The quantitative estimate of drug-likeness (QED) is 0.283. The van der Waals surface area contributed by atoms with Crippen LogP contribution in [0, 0.1) is 23.2 Å². The third kappa shape index (κ3) is 7.59. The molecule has 0 aromatic heterocycles. The van der Waals surface area contributed by atoms with E-state index in [-0.39, 0.29) is 6.61 Å². The second-order valence-corrected chi connectivity index (χ2v) is 10.2. The number of hydrogen-bond acceptors (Lipinski definition) is 1. The Morgan fingerprint density at radius 2 is 1.88 bits per heavy atom. The van der Waals surface area contributed by atoms with Gasteiger partial charge >= 0.3 is 0 Å². The number of aliphatic hydroxyl groups excluding tert-OH is 1. The zero-order valence-corrected chi connectivity index (χ0v) is 18.0. The summed E-state index contributed by atoms with van der Waals surface area (Å²) in [6.45, 7) is 9.71. The SMILES string of the molecule is CC/C(=C\CCO)CCCCC1=CC(CCC2CC[C@@H]2CC(C)(C)C)C1. The summed E-state index contributed by atoms with van der Waals surface area (Å²) in [5.74, 6) is 2.95. The molecule has 2 unspecified atom stereocenters. The van der Waals surface area contributed by atoms with Gasteiger partial charge < -0.3 is 5.11 Å². The number of unbranched alkanes of at least 4 members (excludes halogenated alkanes) is 1. The molecule has 0 aromatic rings. The Morgan fingerprint density at radius 1 is 1.15 bits per heavy atom. The van der Waals surface area contributed by atoms with Crippen molar-refractivity contribution in [3.05, 3.63) is 23.3 Å². The first-order valence-corrected chi connectivity index (χ1v) is 11.4. The first-order chi connectivity index (χ1) is 12.4. The van der Waals surface area contributed by atoms with E-state index in [0.717, 1.165) is 30.6 Å². The van der Waals surface area contributed by atoms with Crippen molar-refractivity contribution in [3.8, 4) is 0 Å². The van der Waals surface area contributed by atoms with Crippen LogP contribution in [0.5, 0.6) is 0 Å². The van der Waals surface area contributed by atoms with Crippen LogP contribution in [0.15, 0.2) is 23.3 Å². The van der Waals surface area contributed by atoms with Gasteiger partial charge in [-0.05, 0) is 100 Å². The number of aliphatic hydroxyl groups is 1. The summed E-state index contributed by atoms with van der Waals surface area (Å²) in [4.78, 5) is 0. The summed E-state index contributed by atoms with van der Waals surface area (Å²) in [6, 6.07) is 0. The summed E-state index contributed by atoms with van der Waals surface area (Å²) < 4.78 is 0. The molecule has 1 fully saturated rings. The van der Waals surface area contributed by atoms with Gasteiger partial charge in [-0.15, -0.1) is 0 Å². The van der Waals surface area contributed by atoms with E-state index in [9.17, 15) is 0 Å². The molecule has 2 rings (SSSR count). The summed E-state index contributed by atoms with van der Waals surface area (Å²) in [6.07, 6.45) is 20.7. The predicted octanol–water partition coefficient (Wildman–Crippen LogP) is 7.45. The van der Waals surface area contributed by atoms with Gasteiger partial charge in [0.2, 0.25) is 0 Å². The van der Waals surface area contributed by atoms with Crippen molar-refractivity contribution in [2.75, 3.05) is 6.61 Å². The third-order valence-electron chi connectivity index (χ3n) is 6.62. The highest BCUT2D eigenvalue weighted by Crippen LogP contribution is 2.45. The van der Waals surface area contributed by atoms with E-state index in [2.05, 4.69) is 39.8 Å². The van der Waals surface area contributed by atoms with Crippen LogP contribution in [-0.2, 0) is 0 Å². The molecule has 0 saturated heterocycles. The normalized spacial score (nSPS) is 26.3. The Morgan fingerprint density at radius 3 is 2.46 bits per heavy atom. The lowest BCUT2D eigenvalue weighted by atomic mass is 9.64. The lowest BCUT2D eigenvalue weighted by molar-refractivity contribution is 0.104. The molecule has 1 nitrogen and oxygen atoms in total. The number of allylic oxidation sites excluding steroid dienone is 3. The molecule has 0 aromatic carbocycles. The van der Waals surface area contributed by atoms with Gasteiger partial charge in [-0.1, -0.05) is 51.0 Å². The third-order valence-corrected chi connectivity index (χ3v) is 6.62. The molecule has 2 aliphatic rings. The summed E-state index contributed by atoms with van der Waals surface area (Å²) in [5.41, 5.74) is 3.77. The molecule has 2 aliphatic carbocycles. The van der Waals surface area contributed by atoms with Crippen LogP contribution in [0.2, 0.25) is 0 Å². The standard InChI is InChI=1S/C25H44O/c1-5-20(11-8-16-26)9-6-7-10-21-17-22(18-21)12-13-23-14-15-24(23)19-25(2,3)4/h11,17,22-24,26H,5-10,12-16,18-19H2,1-4H3/b20-11+/t22?,23?,24-/m1/s1. The first kappa shape index (κ1) is 21.7. The van der Waals surface area contributed by atoms with Gasteiger partial charge in [-0.3, -0.25) is 0 Å². The van der Waals surface area contributed by atoms with E-state index in [0.29, 0.717) is 5.41 Å². The van der Waals surface area contributed by atoms with Crippen molar-refractivity contribution >= 4 is 0 Å². The topological polar surface area (TPSA) is 20.2 Å². The lowest BCUT2D eigenvalue weighted by Gasteiger charge is -2.41. The van der Waals surface area contributed by atoms with Crippen molar-refractivity contribution in [1.29, 1.82) is 0 Å². The van der Waals surface area contributed by atoms with Crippen LogP contribution in [-0.4, -0.2) is 11.7 Å².